The molecule has 0 bridgehead atoms. The number of fused-ring (bicyclic) bond motifs is 1. The molecule has 1 fully saturated rings. The van der Waals surface area contributed by atoms with Gasteiger partial charge in [0, 0.05) is 18.7 Å². The highest BCUT2D eigenvalue weighted by molar-refractivity contribution is 5.83. The van der Waals surface area contributed by atoms with E-state index in [-0.39, 0.29) is 0 Å². The van der Waals surface area contributed by atoms with Crippen LogP contribution in [0, 0.1) is 0 Å². The maximum atomic E-state index is 5.61. The van der Waals surface area contributed by atoms with Crippen LogP contribution in [0.5, 0.6) is 0 Å². The summed E-state index contributed by atoms with van der Waals surface area (Å²) in [5.41, 5.74) is 1.36. The van der Waals surface area contributed by atoms with E-state index in [1.54, 1.807) is 0 Å². The topological polar surface area (TPSA) is 21.3 Å². The first kappa shape index (κ1) is 13.6. The SMILES string of the molecule is CC1CC(NC(C)c2ccc3ccccc3c2)CCO1. The summed E-state index contributed by atoms with van der Waals surface area (Å²) in [6.07, 6.45) is 2.60. The van der Waals surface area contributed by atoms with Crippen LogP contribution in [0.4, 0.5) is 0 Å². The van der Waals surface area contributed by atoms with E-state index in [0.717, 1.165) is 19.4 Å². The number of hydrogen-bond donors (Lipinski definition) is 1. The highest BCUT2D eigenvalue weighted by Gasteiger charge is 2.21. The smallest absolute Gasteiger partial charge is 0.0561 e. The van der Waals surface area contributed by atoms with Crippen molar-refractivity contribution in [1.29, 1.82) is 0 Å². The van der Waals surface area contributed by atoms with E-state index in [1.165, 1.54) is 16.3 Å². The van der Waals surface area contributed by atoms with Crippen molar-refractivity contribution in [3.63, 3.8) is 0 Å². The standard InChI is InChI=1S/C18H23NO/c1-13-11-18(9-10-20-13)19-14(2)16-8-7-15-5-3-4-6-17(15)12-16/h3-8,12-14,18-19H,9-11H2,1-2H3. The lowest BCUT2D eigenvalue weighted by Gasteiger charge is -2.30. The van der Waals surface area contributed by atoms with E-state index in [2.05, 4.69) is 61.6 Å². The number of nitrogens with one attached hydrogen (secondary N) is 1. The van der Waals surface area contributed by atoms with Crippen molar-refractivity contribution in [2.24, 2.45) is 0 Å². The molecule has 0 spiro atoms. The molecule has 1 aliphatic heterocycles. The van der Waals surface area contributed by atoms with Gasteiger partial charge in [-0.05, 0) is 49.1 Å². The van der Waals surface area contributed by atoms with Crippen LogP contribution in [-0.2, 0) is 4.74 Å². The molecule has 0 radical (unpaired) electrons. The van der Waals surface area contributed by atoms with Crippen LogP contribution in [0.1, 0.15) is 38.3 Å². The third-order valence-electron chi connectivity index (χ3n) is 4.24. The summed E-state index contributed by atoms with van der Waals surface area (Å²) in [4.78, 5) is 0. The molecule has 106 valence electrons. The summed E-state index contributed by atoms with van der Waals surface area (Å²) in [7, 11) is 0. The molecule has 1 aliphatic rings. The monoisotopic (exact) mass is 269 g/mol. The second-order valence-corrected chi connectivity index (χ2v) is 5.90. The number of benzene rings is 2. The lowest BCUT2D eigenvalue weighted by Crippen LogP contribution is -2.39. The third kappa shape index (κ3) is 3.02. The minimum Gasteiger partial charge on any atom is -0.378 e. The number of ether oxygens (including phenoxy) is 1. The van der Waals surface area contributed by atoms with Crippen LogP contribution >= 0.6 is 0 Å². The van der Waals surface area contributed by atoms with Gasteiger partial charge in [-0.15, -0.1) is 0 Å². The Kier molecular flexibility index (Phi) is 4.04. The predicted molar refractivity (Wildman–Crippen MR) is 83.9 cm³/mol. The maximum absolute atomic E-state index is 5.61. The van der Waals surface area contributed by atoms with Crippen LogP contribution < -0.4 is 5.32 Å². The Hall–Kier alpha value is -1.38. The summed E-state index contributed by atoms with van der Waals surface area (Å²) in [5, 5.41) is 6.38. The zero-order valence-electron chi connectivity index (χ0n) is 12.3. The molecule has 0 amide bonds. The predicted octanol–water partition coefficient (Wildman–Crippen LogP) is 4.06. The first-order valence-corrected chi connectivity index (χ1v) is 7.59. The molecule has 20 heavy (non-hydrogen) atoms. The fourth-order valence-electron chi connectivity index (χ4n) is 3.08. The van der Waals surface area contributed by atoms with Crippen molar-refractivity contribution in [2.75, 3.05) is 6.61 Å². The minimum absolute atomic E-state index is 0.380. The van der Waals surface area contributed by atoms with Gasteiger partial charge in [-0.2, -0.15) is 0 Å². The van der Waals surface area contributed by atoms with Gasteiger partial charge in [0.2, 0.25) is 0 Å². The Labute approximate surface area is 121 Å². The summed E-state index contributed by atoms with van der Waals surface area (Å²) in [6, 6.07) is 16.3. The Bertz CT molecular complexity index is 580. The van der Waals surface area contributed by atoms with Gasteiger partial charge in [0.1, 0.15) is 0 Å². The molecule has 1 N–H and O–H groups in total. The highest BCUT2D eigenvalue weighted by atomic mass is 16.5. The summed E-state index contributed by atoms with van der Waals surface area (Å²) < 4.78 is 5.61. The number of rotatable bonds is 3. The second-order valence-electron chi connectivity index (χ2n) is 5.90. The largest absolute Gasteiger partial charge is 0.378 e. The molecule has 1 heterocycles. The van der Waals surface area contributed by atoms with Crippen LogP contribution in [-0.4, -0.2) is 18.8 Å². The van der Waals surface area contributed by atoms with Crippen molar-refractivity contribution in [3.05, 3.63) is 48.0 Å². The Morgan fingerprint density at radius 1 is 1.15 bits per heavy atom. The lowest BCUT2D eigenvalue weighted by molar-refractivity contribution is 0.0116. The van der Waals surface area contributed by atoms with Gasteiger partial charge in [-0.25, -0.2) is 0 Å². The Morgan fingerprint density at radius 2 is 1.95 bits per heavy atom. The zero-order chi connectivity index (χ0) is 13.9. The van der Waals surface area contributed by atoms with Gasteiger partial charge in [0.15, 0.2) is 0 Å². The summed E-state index contributed by atoms with van der Waals surface area (Å²) in [5.74, 6) is 0. The minimum atomic E-state index is 0.380. The van der Waals surface area contributed by atoms with Gasteiger partial charge in [0.25, 0.3) is 0 Å². The molecule has 0 aliphatic carbocycles. The molecule has 3 unspecified atom stereocenters. The van der Waals surface area contributed by atoms with E-state index >= 15 is 0 Å². The van der Waals surface area contributed by atoms with Gasteiger partial charge in [-0.1, -0.05) is 36.4 Å². The van der Waals surface area contributed by atoms with Gasteiger partial charge >= 0.3 is 0 Å². The average molecular weight is 269 g/mol. The fourth-order valence-corrected chi connectivity index (χ4v) is 3.08. The zero-order valence-corrected chi connectivity index (χ0v) is 12.3. The molecule has 2 aromatic carbocycles. The molecular weight excluding hydrogens is 246 g/mol. The van der Waals surface area contributed by atoms with Crippen LogP contribution in [0.3, 0.4) is 0 Å². The van der Waals surface area contributed by atoms with Gasteiger partial charge in [0.05, 0.1) is 6.10 Å². The molecule has 2 nitrogen and oxygen atoms in total. The fraction of sp³-hybridized carbons (Fsp3) is 0.444. The molecule has 1 saturated heterocycles. The first-order valence-electron chi connectivity index (χ1n) is 7.59. The van der Waals surface area contributed by atoms with Crippen molar-refractivity contribution < 1.29 is 4.74 Å². The third-order valence-corrected chi connectivity index (χ3v) is 4.24. The molecule has 2 heteroatoms. The molecule has 3 rings (SSSR count). The molecule has 0 aromatic heterocycles. The average Bonchev–Trinajstić information content (AvgIpc) is 2.47. The van der Waals surface area contributed by atoms with Crippen molar-refractivity contribution in [1.82, 2.24) is 5.32 Å². The Morgan fingerprint density at radius 3 is 2.75 bits per heavy atom. The quantitative estimate of drug-likeness (QED) is 0.907. The van der Waals surface area contributed by atoms with E-state index < -0.39 is 0 Å². The number of hydrogen-bond acceptors (Lipinski definition) is 2. The normalized spacial score (nSPS) is 24.7. The van der Waals surface area contributed by atoms with Crippen LogP contribution in [0.25, 0.3) is 10.8 Å². The molecular formula is C18H23NO. The van der Waals surface area contributed by atoms with Gasteiger partial charge < -0.3 is 10.1 Å². The van der Waals surface area contributed by atoms with Crippen molar-refractivity contribution in [3.8, 4) is 0 Å². The Balaban J connectivity index is 1.73. The van der Waals surface area contributed by atoms with E-state index in [9.17, 15) is 0 Å². The van der Waals surface area contributed by atoms with Crippen LogP contribution in [0.15, 0.2) is 42.5 Å². The summed E-state index contributed by atoms with van der Waals surface area (Å²) >= 11 is 0. The molecule has 2 aromatic rings. The second kappa shape index (κ2) is 5.94. The summed E-state index contributed by atoms with van der Waals surface area (Å²) in [6.45, 7) is 5.29. The van der Waals surface area contributed by atoms with E-state index in [1.807, 2.05) is 0 Å². The van der Waals surface area contributed by atoms with E-state index in [0.29, 0.717) is 18.2 Å². The van der Waals surface area contributed by atoms with Crippen molar-refractivity contribution >= 4 is 10.8 Å². The van der Waals surface area contributed by atoms with E-state index in [4.69, 9.17) is 4.74 Å². The first-order chi connectivity index (χ1) is 9.72. The maximum Gasteiger partial charge on any atom is 0.0561 e. The van der Waals surface area contributed by atoms with Crippen LogP contribution in [0.2, 0.25) is 0 Å². The lowest BCUT2D eigenvalue weighted by atomic mass is 9.99. The highest BCUT2D eigenvalue weighted by Crippen LogP contribution is 2.22. The molecule has 0 saturated carbocycles. The van der Waals surface area contributed by atoms with Gasteiger partial charge in [-0.3, -0.25) is 0 Å². The molecule has 3 atom stereocenters. The van der Waals surface area contributed by atoms with Crippen molar-refractivity contribution in [2.45, 2.75) is 44.9 Å².